The molecule has 7 heteroatoms. The first-order valence-corrected chi connectivity index (χ1v) is 9.55. The normalized spacial score (nSPS) is 10.7. The molecule has 0 aliphatic carbocycles. The average Bonchev–Trinajstić information content (AvgIpc) is 3.25. The molecule has 154 valence electrons. The van der Waals surface area contributed by atoms with Crippen molar-refractivity contribution < 1.29 is 18.9 Å². The smallest absolute Gasteiger partial charge is 0.207 e. The van der Waals surface area contributed by atoms with Gasteiger partial charge in [-0.3, -0.25) is 0 Å². The minimum absolute atomic E-state index is 0.451. The molecule has 0 bridgehead atoms. The summed E-state index contributed by atoms with van der Waals surface area (Å²) in [6, 6.07) is 10.2. The molecule has 7 nitrogen and oxygen atoms in total. The van der Waals surface area contributed by atoms with E-state index in [0.29, 0.717) is 23.0 Å². The van der Waals surface area contributed by atoms with Gasteiger partial charge in [-0.05, 0) is 36.6 Å². The van der Waals surface area contributed by atoms with Crippen molar-refractivity contribution in [1.82, 2.24) is 15.0 Å². The van der Waals surface area contributed by atoms with Crippen LogP contribution in [0.15, 0.2) is 36.5 Å². The number of aryl methyl sites for hydroxylation is 1. The monoisotopic (exact) mass is 397 g/mol. The highest BCUT2D eigenvalue weighted by Crippen LogP contribution is 2.50. The fraction of sp³-hybridized carbons (Fsp3) is 0.364. The van der Waals surface area contributed by atoms with Crippen LogP contribution < -0.4 is 18.9 Å². The summed E-state index contributed by atoms with van der Waals surface area (Å²) in [5.74, 6) is 1.97. The van der Waals surface area contributed by atoms with Crippen molar-refractivity contribution in [3.8, 4) is 39.9 Å². The maximum atomic E-state index is 5.66. The molecule has 1 heterocycles. The standard InChI is InChI=1S/C22H27N3O4/c1-6-7-8-15-9-11-16(12-10-15)25-18(14-23-24-25)17-13-19(26-2)21(28-4)22(29-5)20(17)27-3/h9-14H,6-8H2,1-5H3. The van der Waals surface area contributed by atoms with Crippen molar-refractivity contribution in [2.24, 2.45) is 0 Å². The van der Waals surface area contributed by atoms with Crippen molar-refractivity contribution in [3.05, 3.63) is 42.1 Å². The van der Waals surface area contributed by atoms with Gasteiger partial charge in [-0.1, -0.05) is 30.7 Å². The minimum atomic E-state index is 0.451. The highest BCUT2D eigenvalue weighted by molar-refractivity contribution is 5.78. The molecule has 0 saturated heterocycles. The Morgan fingerprint density at radius 2 is 1.55 bits per heavy atom. The molecular weight excluding hydrogens is 370 g/mol. The van der Waals surface area contributed by atoms with Crippen LogP contribution in [0, 0.1) is 0 Å². The Morgan fingerprint density at radius 1 is 0.862 bits per heavy atom. The molecule has 0 aliphatic rings. The van der Waals surface area contributed by atoms with Gasteiger partial charge in [-0.25, -0.2) is 4.68 Å². The molecule has 2 aromatic carbocycles. The Hall–Kier alpha value is -3.22. The van der Waals surface area contributed by atoms with E-state index < -0.39 is 0 Å². The van der Waals surface area contributed by atoms with Crippen molar-refractivity contribution in [1.29, 1.82) is 0 Å². The third kappa shape index (κ3) is 3.99. The van der Waals surface area contributed by atoms with E-state index in [2.05, 4.69) is 29.4 Å². The second-order valence-electron chi connectivity index (χ2n) is 6.53. The van der Waals surface area contributed by atoms with Crippen molar-refractivity contribution in [3.63, 3.8) is 0 Å². The van der Waals surface area contributed by atoms with Gasteiger partial charge in [-0.15, -0.1) is 5.10 Å². The molecule has 3 rings (SSSR count). The summed E-state index contributed by atoms with van der Waals surface area (Å²) in [6.45, 7) is 2.20. The van der Waals surface area contributed by atoms with E-state index in [4.69, 9.17) is 18.9 Å². The molecule has 0 aliphatic heterocycles. The predicted molar refractivity (Wildman–Crippen MR) is 112 cm³/mol. The van der Waals surface area contributed by atoms with Crippen LogP contribution in [0.5, 0.6) is 23.0 Å². The maximum Gasteiger partial charge on any atom is 0.207 e. The van der Waals surface area contributed by atoms with E-state index in [1.807, 2.05) is 18.2 Å². The van der Waals surface area contributed by atoms with E-state index in [1.165, 1.54) is 18.4 Å². The zero-order chi connectivity index (χ0) is 20.8. The number of ether oxygens (including phenoxy) is 4. The first-order valence-electron chi connectivity index (χ1n) is 9.55. The Kier molecular flexibility index (Phi) is 6.59. The van der Waals surface area contributed by atoms with E-state index >= 15 is 0 Å². The van der Waals surface area contributed by atoms with Crippen LogP contribution in [0.4, 0.5) is 0 Å². The summed E-state index contributed by atoms with van der Waals surface area (Å²) in [6.07, 6.45) is 5.11. The van der Waals surface area contributed by atoms with Gasteiger partial charge in [0.05, 0.1) is 51.6 Å². The van der Waals surface area contributed by atoms with Crippen LogP contribution in [0.25, 0.3) is 16.9 Å². The molecule has 0 radical (unpaired) electrons. The van der Waals surface area contributed by atoms with Gasteiger partial charge in [0.15, 0.2) is 11.5 Å². The zero-order valence-electron chi connectivity index (χ0n) is 17.6. The number of nitrogens with zero attached hydrogens (tertiary/aromatic N) is 3. The SMILES string of the molecule is CCCCc1ccc(-n2nncc2-c2cc(OC)c(OC)c(OC)c2OC)cc1. The lowest BCUT2D eigenvalue weighted by molar-refractivity contribution is 0.306. The molecule has 0 atom stereocenters. The van der Waals surface area contributed by atoms with Gasteiger partial charge in [-0.2, -0.15) is 0 Å². The summed E-state index contributed by atoms with van der Waals surface area (Å²) in [5.41, 5.74) is 3.71. The summed E-state index contributed by atoms with van der Waals surface area (Å²) in [7, 11) is 6.29. The first kappa shape index (κ1) is 20.5. The largest absolute Gasteiger partial charge is 0.493 e. The van der Waals surface area contributed by atoms with E-state index in [0.717, 1.165) is 23.4 Å². The average molecular weight is 397 g/mol. The van der Waals surface area contributed by atoms with Crippen LogP contribution in [0.1, 0.15) is 25.3 Å². The third-order valence-corrected chi connectivity index (χ3v) is 4.81. The molecule has 0 unspecified atom stereocenters. The molecule has 1 aromatic heterocycles. The number of rotatable bonds is 9. The lowest BCUT2D eigenvalue weighted by Crippen LogP contribution is -2.03. The molecular formula is C22H27N3O4. The third-order valence-electron chi connectivity index (χ3n) is 4.81. The highest BCUT2D eigenvalue weighted by Gasteiger charge is 2.24. The fourth-order valence-electron chi connectivity index (χ4n) is 3.32. The fourth-order valence-corrected chi connectivity index (χ4v) is 3.32. The Morgan fingerprint density at radius 3 is 2.14 bits per heavy atom. The molecule has 0 saturated carbocycles. The van der Waals surface area contributed by atoms with Crippen molar-refractivity contribution >= 4 is 0 Å². The number of unbranched alkanes of at least 4 members (excludes halogenated alkanes) is 1. The van der Waals surface area contributed by atoms with E-state index in [9.17, 15) is 0 Å². The number of benzene rings is 2. The van der Waals surface area contributed by atoms with Crippen molar-refractivity contribution in [2.75, 3.05) is 28.4 Å². The second-order valence-corrected chi connectivity index (χ2v) is 6.53. The van der Waals surface area contributed by atoms with E-state index in [-0.39, 0.29) is 0 Å². The molecule has 0 amide bonds. The maximum absolute atomic E-state index is 5.66. The molecule has 0 spiro atoms. The van der Waals surface area contributed by atoms with Crippen LogP contribution >= 0.6 is 0 Å². The molecule has 0 N–H and O–H groups in total. The summed E-state index contributed by atoms with van der Waals surface area (Å²) < 4.78 is 24.0. The summed E-state index contributed by atoms with van der Waals surface area (Å²) in [5, 5.41) is 8.40. The molecule has 3 aromatic rings. The van der Waals surface area contributed by atoms with Gasteiger partial charge in [0.2, 0.25) is 11.5 Å². The quantitative estimate of drug-likeness (QED) is 0.536. The minimum Gasteiger partial charge on any atom is -0.493 e. The number of methoxy groups -OCH3 is 4. The van der Waals surface area contributed by atoms with Gasteiger partial charge < -0.3 is 18.9 Å². The number of hydrogen-bond donors (Lipinski definition) is 0. The second kappa shape index (κ2) is 9.32. The Balaban J connectivity index is 2.10. The van der Waals surface area contributed by atoms with Gasteiger partial charge >= 0.3 is 0 Å². The topological polar surface area (TPSA) is 67.6 Å². The van der Waals surface area contributed by atoms with Crippen molar-refractivity contribution in [2.45, 2.75) is 26.2 Å². The van der Waals surface area contributed by atoms with Gasteiger partial charge in [0, 0.05) is 0 Å². The van der Waals surface area contributed by atoms with Crippen LogP contribution in [0.2, 0.25) is 0 Å². The van der Waals surface area contributed by atoms with E-state index in [1.54, 1.807) is 39.3 Å². The van der Waals surface area contributed by atoms with Gasteiger partial charge in [0.1, 0.15) is 0 Å². The summed E-state index contributed by atoms with van der Waals surface area (Å²) >= 11 is 0. The lowest BCUT2D eigenvalue weighted by Gasteiger charge is -2.19. The highest BCUT2D eigenvalue weighted by atomic mass is 16.5. The lowest BCUT2D eigenvalue weighted by atomic mass is 10.1. The Labute approximate surface area is 171 Å². The van der Waals surface area contributed by atoms with Gasteiger partial charge in [0.25, 0.3) is 0 Å². The summed E-state index contributed by atoms with van der Waals surface area (Å²) in [4.78, 5) is 0. The molecule has 0 fully saturated rings. The van der Waals surface area contributed by atoms with Crippen LogP contribution in [-0.2, 0) is 6.42 Å². The zero-order valence-corrected chi connectivity index (χ0v) is 17.6. The first-order chi connectivity index (χ1) is 14.2. The number of hydrogen-bond acceptors (Lipinski definition) is 6. The Bertz CT molecular complexity index is 951. The van der Waals surface area contributed by atoms with Crippen LogP contribution in [0.3, 0.4) is 0 Å². The predicted octanol–water partition coefficient (Wildman–Crippen LogP) is 4.31. The number of aromatic nitrogens is 3. The van der Waals surface area contributed by atoms with Crippen LogP contribution in [-0.4, -0.2) is 43.4 Å². The molecule has 29 heavy (non-hydrogen) atoms.